The maximum absolute atomic E-state index is 13.3. The molecule has 1 N–H and O–H groups in total. The molecular weight excluding hydrogens is 251 g/mol. The van der Waals surface area contributed by atoms with Crippen LogP contribution in [0.1, 0.15) is 12.6 Å². The zero-order chi connectivity index (χ0) is 13.0. The first-order valence-electron chi connectivity index (χ1n) is 5.73. The van der Waals surface area contributed by atoms with E-state index in [1.807, 2.05) is 12.3 Å². The van der Waals surface area contributed by atoms with Crippen molar-refractivity contribution in [3.8, 4) is 16.3 Å². The highest BCUT2D eigenvalue weighted by atomic mass is 32.1. The summed E-state index contributed by atoms with van der Waals surface area (Å²) in [6, 6.07) is 4.46. The second-order valence-electron chi connectivity index (χ2n) is 3.77. The number of rotatable bonds is 5. The van der Waals surface area contributed by atoms with E-state index >= 15 is 0 Å². The Morgan fingerprint density at radius 2 is 2.28 bits per heavy atom. The van der Waals surface area contributed by atoms with Gasteiger partial charge in [-0.25, -0.2) is 9.37 Å². The summed E-state index contributed by atoms with van der Waals surface area (Å²) in [6.45, 7) is 3.67. The number of nitrogens with one attached hydrogen (secondary N) is 1. The molecule has 0 aliphatic carbocycles. The van der Waals surface area contributed by atoms with E-state index in [0.29, 0.717) is 11.3 Å². The van der Waals surface area contributed by atoms with Crippen molar-refractivity contribution in [2.24, 2.45) is 0 Å². The van der Waals surface area contributed by atoms with Crippen molar-refractivity contribution in [2.45, 2.75) is 13.5 Å². The number of hydrogen-bond donors (Lipinski definition) is 1. The number of benzene rings is 1. The third-order valence-corrected chi connectivity index (χ3v) is 3.42. The molecule has 18 heavy (non-hydrogen) atoms. The molecule has 1 aromatic carbocycles. The Balaban J connectivity index is 2.30. The van der Waals surface area contributed by atoms with Crippen molar-refractivity contribution < 1.29 is 9.13 Å². The van der Waals surface area contributed by atoms with Crippen molar-refractivity contribution >= 4 is 11.3 Å². The fraction of sp³-hybridized carbons (Fsp3) is 0.308. The van der Waals surface area contributed by atoms with Crippen LogP contribution in [0.3, 0.4) is 0 Å². The summed E-state index contributed by atoms with van der Waals surface area (Å²) in [4.78, 5) is 4.48. The Hall–Kier alpha value is -1.46. The summed E-state index contributed by atoms with van der Waals surface area (Å²) >= 11 is 1.49. The number of hydrogen-bond acceptors (Lipinski definition) is 4. The van der Waals surface area contributed by atoms with Crippen LogP contribution in [-0.2, 0) is 6.54 Å². The largest absolute Gasteiger partial charge is 0.496 e. The van der Waals surface area contributed by atoms with E-state index in [9.17, 15) is 4.39 Å². The van der Waals surface area contributed by atoms with E-state index in [4.69, 9.17) is 4.74 Å². The van der Waals surface area contributed by atoms with Gasteiger partial charge in [-0.3, -0.25) is 0 Å². The van der Waals surface area contributed by atoms with E-state index < -0.39 is 0 Å². The third-order valence-electron chi connectivity index (χ3n) is 2.50. The van der Waals surface area contributed by atoms with Gasteiger partial charge in [-0.2, -0.15) is 0 Å². The molecule has 0 unspecified atom stereocenters. The van der Waals surface area contributed by atoms with Crippen molar-refractivity contribution in [2.75, 3.05) is 13.7 Å². The Morgan fingerprint density at radius 3 is 3.00 bits per heavy atom. The molecule has 0 radical (unpaired) electrons. The molecule has 96 valence electrons. The smallest absolute Gasteiger partial charge is 0.129 e. The average molecular weight is 266 g/mol. The minimum Gasteiger partial charge on any atom is -0.496 e. The second-order valence-corrected chi connectivity index (χ2v) is 4.63. The molecule has 1 aromatic heterocycles. The summed E-state index contributed by atoms with van der Waals surface area (Å²) in [6.07, 6.45) is 0. The van der Waals surface area contributed by atoms with Gasteiger partial charge in [0.15, 0.2) is 0 Å². The predicted octanol–water partition coefficient (Wildman–Crippen LogP) is 3.07. The molecule has 2 rings (SSSR count). The topological polar surface area (TPSA) is 34.1 Å². The Kier molecular flexibility index (Phi) is 4.28. The molecule has 0 fully saturated rings. The number of halogens is 1. The van der Waals surface area contributed by atoms with Gasteiger partial charge in [0.25, 0.3) is 0 Å². The van der Waals surface area contributed by atoms with Gasteiger partial charge in [0.1, 0.15) is 16.6 Å². The van der Waals surface area contributed by atoms with E-state index in [1.165, 1.54) is 23.5 Å². The molecule has 5 heteroatoms. The first-order valence-corrected chi connectivity index (χ1v) is 6.61. The van der Waals surface area contributed by atoms with E-state index in [-0.39, 0.29) is 5.82 Å². The number of nitrogens with zero attached hydrogens (tertiary/aromatic N) is 1. The summed E-state index contributed by atoms with van der Waals surface area (Å²) in [5, 5.41) is 5.96. The molecule has 0 bridgehead atoms. The Labute approximate surface area is 110 Å². The SMILES string of the molecule is CCNCc1csc(-c2cc(F)ccc2OC)n1. The van der Waals surface area contributed by atoms with Gasteiger partial charge in [0.05, 0.1) is 18.4 Å². The molecule has 0 atom stereocenters. The van der Waals surface area contributed by atoms with Gasteiger partial charge in [-0.05, 0) is 24.7 Å². The lowest BCUT2D eigenvalue weighted by molar-refractivity contribution is 0.415. The van der Waals surface area contributed by atoms with Crippen LogP contribution in [0.25, 0.3) is 10.6 Å². The molecule has 3 nitrogen and oxygen atoms in total. The highest BCUT2D eigenvalue weighted by molar-refractivity contribution is 7.13. The summed E-state index contributed by atoms with van der Waals surface area (Å²) in [7, 11) is 1.57. The molecule has 0 aliphatic heterocycles. The highest BCUT2D eigenvalue weighted by Crippen LogP contribution is 2.32. The van der Waals surface area contributed by atoms with Gasteiger partial charge in [-0.15, -0.1) is 11.3 Å². The van der Waals surface area contributed by atoms with E-state index in [2.05, 4.69) is 10.3 Å². The lowest BCUT2D eigenvalue weighted by atomic mass is 10.2. The monoisotopic (exact) mass is 266 g/mol. The summed E-state index contributed by atoms with van der Waals surface area (Å²) in [5.41, 5.74) is 1.66. The number of aromatic nitrogens is 1. The van der Waals surface area contributed by atoms with Crippen molar-refractivity contribution in [1.29, 1.82) is 0 Å². The normalized spacial score (nSPS) is 10.6. The minimum atomic E-state index is -0.283. The fourth-order valence-electron chi connectivity index (χ4n) is 1.61. The molecule has 0 saturated heterocycles. The van der Waals surface area contributed by atoms with Crippen molar-refractivity contribution in [3.63, 3.8) is 0 Å². The van der Waals surface area contributed by atoms with Gasteiger partial charge < -0.3 is 10.1 Å². The van der Waals surface area contributed by atoms with Gasteiger partial charge >= 0.3 is 0 Å². The van der Waals surface area contributed by atoms with Crippen LogP contribution in [0, 0.1) is 5.82 Å². The van der Waals surface area contributed by atoms with Crippen LogP contribution in [0.2, 0.25) is 0 Å². The van der Waals surface area contributed by atoms with E-state index in [0.717, 1.165) is 23.8 Å². The lowest BCUT2D eigenvalue weighted by Crippen LogP contribution is -2.11. The molecule has 0 spiro atoms. The third kappa shape index (κ3) is 2.86. The molecule has 1 heterocycles. The van der Waals surface area contributed by atoms with E-state index in [1.54, 1.807) is 13.2 Å². The zero-order valence-electron chi connectivity index (χ0n) is 10.4. The standard InChI is InChI=1S/C13H15FN2OS/c1-3-15-7-10-8-18-13(16-10)11-6-9(14)4-5-12(11)17-2/h4-6,8,15H,3,7H2,1-2H3. The Bertz CT molecular complexity index is 527. The number of methoxy groups -OCH3 is 1. The quantitative estimate of drug-likeness (QED) is 0.903. The van der Waals surface area contributed by atoms with Crippen molar-refractivity contribution in [3.05, 3.63) is 35.1 Å². The van der Waals surface area contributed by atoms with Crippen molar-refractivity contribution in [1.82, 2.24) is 10.3 Å². The van der Waals surface area contributed by atoms with Gasteiger partial charge in [-0.1, -0.05) is 6.92 Å². The van der Waals surface area contributed by atoms with Crippen LogP contribution in [0.15, 0.2) is 23.6 Å². The van der Waals surface area contributed by atoms with Crippen LogP contribution in [-0.4, -0.2) is 18.6 Å². The Morgan fingerprint density at radius 1 is 1.44 bits per heavy atom. The predicted molar refractivity (Wildman–Crippen MR) is 71.4 cm³/mol. The molecule has 0 aliphatic rings. The molecular formula is C13H15FN2OS. The first-order chi connectivity index (χ1) is 8.74. The number of ether oxygens (including phenoxy) is 1. The van der Waals surface area contributed by atoms with Crippen LogP contribution >= 0.6 is 11.3 Å². The maximum Gasteiger partial charge on any atom is 0.129 e. The highest BCUT2D eigenvalue weighted by Gasteiger charge is 2.11. The summed E-state index contributed by atoms with van der Waals surface area (Å²) in [5.74, 6) is 0.356. The van der Waals surface area contributed by atoms with Crippen LogP contribution in [0.5, 0.6) is 5.75 Å². The number of thiazole rings is 1. The molecule has 0 amide bonds. The minimum absolute atomic E-state index is 0.283. The fourth-order valence-corrected chi connectivity index (χ4v) is 2.45. The van der Waals surface area contributed by atoms with Crippen LogP contribution < -0.4 is 10.1 Å². The lowest BCUT2D eigenvalue weighted by Gasteiger charge is -2.05. The zero-order valence-corrected chi connectivity index (χ0v) is 11.2. The van der Waals surface area contributed by atoms with Crippen LogP contribution in [0.4, 0.5) is 4.39 Å². The molecule has 0 saturated carbocycles. The average Bonchev–Trinajstić information content (AvgIpc) is 2.85. The van der Waals surface area contributed by atoms with Gasteiger partial charge in [0.2, 0.25) is 0 Å². The first kappa shape index (κ1) is 13.0. The summed E-state index contributed by atoms with van der Waals surface area (Å²) < 4.78 is 18.5. The molecule has 2 aromatic rings. The maximum atomic E-state index is 13.3. The van der Waals surface area contributed by atoms with Gasteiger partial charge in [0, 0.05) is 11.9 Å². The second kappa shape index (κ2) is 5.93.